The van der Waals surface area contributed by atoms with Crippen LogP contribution in [-0.4, -0.2) is 62.6 Å². The summed E-state index contributed by atoms with van der Waals surface area (Å²) < 4.78 is 20.0. The molecule has 0 amide bonds. The maximum atomic E-state index is 11.5. The number of allylic oxidation sites excluding steroid dienone is 2. The summed E-state index contributed by atoms with van der Waals surface area (Å²) >= 11 is 37.3. The van der Waals surface area contributed by atoms with E-state index in [0.29, 0.717) is 50.5 Å². The number of ether oxygens (including phenoxy) is 2. The number of rotatable bonds is 8. The van der Waals surface area contributed by atoms with E-state index in [1.54, 1.807) is 44.2 Å². The van der Waals surface area contributed by atoms with Gasteiger partial charge in [0.05, 0.1) is 31.1 Å². The highest BCUT2D eigenvalue weighted by Crippen LogP contribution is 2.46. The smallest absolute Gasteiger partial charge is 0.333 e. The molecule has 84 heavy (non-hydrogen) atoms. The lowest BCUT2D eigenvalue weighted by Gasteiger charge is -2.42. The number of benzene rings is 5. The van der Waals surface area contributed by atoms with E-state index in [0.717, 1.165) is 58.3 Å². The minimum Gasteiger partial charge on any atom is -0.872 e. The summed E-state index contributed by atoms with van der Waals surface area (Å²) in [4.78, 5) is 26.5. The molecule has 1 unspecified atom stereocenters. The molecule has 7 rings (SSSR count). The summed E-state index contributed by atoms with van der Waals surface area (Å²) in [6, 6.07) is 20.2. The van der Waals surface area contributed by atoms with E-state index < -0.39 is 0 Å². The number of nitrogens with two attached hydrogens (primary N) is 1. The van der Waals surface area contributed by atoms with Crippen molar-refractivity contribution in [3.05, 3.63) is 183 Å². The Kier molecular flexibility index (Phi) is 42.6. The van der Waals surface area contributed by atoms with Crippen molar-refractivity contribution in [3.8, 4) is 23.0 Å². The van der Waals surface area contributed by atoms with Crippen LogP contribution in [0.15, 0.2) is 163 Å². The first-order valence-corrected chi connectivity index (χ1v) is 36.0. The zero-order chi connectivity index (χ0) is 65.0. The van der Waals surface area contributed by atoms with Crippen molar-refractivity contribution in [1.29, 1.82) is 0 Å². The van der Waals surface area contributed by atoms with E-state index in [1.807, 2.05) is 104 Å². The van der Waals surface area contributed by atoms with Crippen LogP contribution in [0.5, 0.6) is 23.0 Å². The summed E-state index contributed by atoms with van der Waals surface area (Å²) in [5, 5.41) is 46.6. The van der Waals surface area contributed by atoms with Crippen molar-refractivity contribution in [2.45, 2.75) is 71.6 Å². The largest absolute Gasteiger partial charge is 0.872 e. The third-order valence-electron chi connectivity index (χ3n) is 10.3. The number of likely N-dealkylation sites (N-methyl/N-ethyl adjacent to an activating group) is 1. The molecule has 0 radical (unpaired) electrons. The second-order valence-electron chi connectivity index (χ2n) is 19.5. The van der Waals surface area contributed by atoms with E-state index in [2.05, 4.69) is 281 Å². The van der Waals surface area contributed by atoms with Crippen LogP contribution in [-0.2, 0) is 19.1 Å². The van der Waals surface area contributed by atoms with Gasteiger partial charge in [0, 0.05) is 78.5 Å². The molecule has 0 bridgehead atoms. The number of esters is 2. The van der Waals surface area contributed by atoms with Gasteiger partial charge < -0.3 is 45.9 Å². The highest BCUT2D eigenvalue weighted by molar-refractivity contribution is 14.1. The lowest BCUT2D eigenvalue weighted by molar-refractivity contribution is -0.858. The Morgan fingerprint density at radius 1 is 0.690 bits per heavy atom. The zero-order valence-electron chi connectivity index (χ0n) is 47.0. The molecule has 2 heterocycles. The Hall–Kier alpha value is -0.270. The molecule has 5 aromatic rings. The predicted molar refractivity (Wildman–Crippen MR) is 400 cm³/mol. The van der Waals surface area contributed by atoms with Crippen molar-refractivity contribution in [3.63, 3.8) is 0 Å². The molecule has 0 aliphatic carbocycles. The van der Waals surface area contributed by atoms with Gasteiger partial charge in [0.1, 0.15) is 24.9 Å². The van der Waals surface area contributed by atoms with Crippen LogP contribution < -0.4 is 41.4 Å². The molecule has 0 spiro atoms. The molecule has 0 aromatic heterocycles. The first-order chi connectivity index (χ1) is 38.8. The zero-order valence-corrected chi connectivity index (χ0v) is 69.9. The lowest BCUT2D eigenvalue weighted by atomic mass is 9.81. The van der Waals surface area contributed by atoms with Gasteiger partial charge in [-0.05, 0) is 252 Å². The normalized spacial score (nSPS) is 13.8. The van der Waals surface area contributed by atoms with E-state index >= 15 is 0 Å². The number of nitrogens with one attached hydrogen (secondary N) is 2. The number of carbonyl (C=O) groups excluding carboxylic acids is 2. The fraction of sp³-hybridized carbons (Fsp3) is 0.271. The van der Waals surface area contributed by atoms with Crippen molar-refractivity contribution in [2.75, 3.05) is 27.2 Å². The molecule has 2 aliphatic rings. The second-order valence-corrected chi connectivity index (χ2v) is 31.8. The van der Waals surface area contributed by atoms with Gasteiger partial charge in [0.15, 0.2) is 12.4 Å². The molecule has 1 atom stereocenters. The molecule has 0 saturated carbocycles. The van der Waals surface area contributed by atoms with Crippen molar-refractivity contribution in [1.82, 2.24) is 0 Å². The van der Waals surface area contributed by atoms with Gasteiger partial charge in [-0.15, -0.1) is 6.58 Å². The SMILES string of the molecule is C=C(C)C(=O)OC1CC(C)(C)[NH2+]C(C)(C)C1.C=C(C)C(=O)OCC[NH+](C)C.C=CC1C=C[NH+]=C1.C=Cc1ccc([NH3+])cc1.[O-]c1c(Br)c(Br)c(Br)c(Br)c1Br.[O-]c1c(Br)cc(Br)cc1Br.[O-]c1c(I)cc(I)cc1I.[O-]c1ccc(Br)cc1I. The fourth-order valence-corrected chi connectivity index (χ4v) is 16.7. The third kappa shape index (κ3) is 34.8. The first kappa shape index (κ1) is 83.7. The Labute approximate surface area is 625 Å². The number of carbonyl (C=O) groups is 2. The molecular formula is C59H65Br9I4N4O8. The first-order valence-electron chi connectivity index (χ1n) is 24.5. The molecule has 1 saturated heterocycles. The van der Waals surface area contributed by atoms with Crippen LogP contribution in [0.1, 0.15) is 59.9 Å². The van der Waals surface area contributed by atoms with Gasteiger partial charge in [-0.2, -0.15) is 0 Å². The van der Waals surface area contributed by atoms with Gasteiger partial charge in [-0.1, -0.05) is 157 Å². The van der Waals surface area contributed by atoms with E-state index in [-0.39, 0.29) is 52.1 Å². The van der Waals surface area contributed by atoms with E-state index in [9.17, 15) is 30.0 Å². The summed E-state index contributed by atoms with van der Waals surface area (Å²) in [6.45, 7) is 27.7. The second kappa shape index (κ2) is 42.7. The standard InChI is InChI=1S/C13H23NO2.C8H15NO2.C8H9N.C6HBr5O.C6H3Br3O.C6H4BrIO.C6H3I3O.C6H7N/c1-9(2)11(15)16-10-7-12(3,4)14-13(5,6)8-10;1-7(2)8(10)11-6-5-9(3)4;1-2-7-3-5-8(9)6-4-7;7-1-2(8)4(10)6(12)5(11)3(1)9;7-3-1-4(8)6(10)5(9)2-3;7-4-1-2-6(9)5(8)3-4;7-3-1-4(8)6(10)5(9)2-3;1-2-6-3-4-7-5-6/h10,14H,1,7-8H2,2-6H3;1,5-6H2,2-4H3;2-6H,1,9H2;12H;1-2,10H;1-3,9H;1-2,10H;2-6H,1H2. The fourth-order valence-electron chi connectivity index (χ4n) is 6.53. The molecule has 460 valence electrons. The van der Waals surface area contributed by atoms with Crippen molar-refractivity contribution >= 4 is 264 Å². The third-order valence-corrected chi connectivity index (χ3v) is 21.5. The number of hydrogen-bond donors (Lipinski definition) is 4. The van der Waals surface area contributed by atoms with Crippen LogP contribution in [0, 0.1) is 20.2 Å². The van der Waals surface area contributed by atoms with Crippen LogP contribution in [0.4, 0.5) is 5.69 Å². The highest BCUT2D eigenvalue weighted by atomic mass is 127. The molecule has 2 aliphatic heterocycles. The molecule has 7 N–H and O–H groups in total. The monoisotopic (exact) mass is 2180 g/mol. The van der Waals surface area contributed by atoms with E-state index in [4.69, 9.17) is 9.47 Å². The Balaban J connectivity index is 0.000000946. The Bertz CT molecular complexity index is 2860. The minimum atomic E-state index is -0.300. The Morgan fingerprint density at radius 3 is 1.55 bits per heavy atom. The molecule has 1 fully saturated rings. The van der Waals surface area contributed by atoms with Crippen molar-refractivity contribution in [2.24, 2.45) is 5.92 Å². The molecule has 25 heteroatoms. The number of piperidine rings is 1. The predicted octanol–water partition coefficient (Wildman–Crippen LogP) is 13.6. The summed E-state index contributed by atoms with van der Waals surface area (Å²) in [5.74, 6) is -0.00897. The average molecular weight is 2180 g/mol. The van der Waals surface area contributed by atoms with Crippen LogP contribution >= 0.6 is 234 Å². The molecule has 5 aromatic carbocycles. The van der Waals surface area contributed by atoms with Gasteiger partial charge in [0.2, 0.25) is 0 Å². The summed E-state index contributed by atoms with van der Waals surface area (Å²) in [5.41, 5.74) is 7.13. The number of hydrogen-bond acceptors (Lipinski definition) is 8. The lowest BCUT2D eigenvalue weighted by Crippen LogP contribution is -3.06. The average Bonchev–Trinajstić information content (AvgIpc) is 3.80. The van der Waals surface area contributed by atoms with Gasteiger partial charge in [-0.25, -0.2) is 14.6 Å². The van der Waals surface area contributed by atoms with Gasteiger partial charge in [-0.3, -0.25) is 0 Å². The minimum absolute atomic E-state index is 0.0131. The Morgan fingerprint density at radius 2 is 1.17 bits per heavy atom. The summed E-state index contributed by atoms with van der Waals surface area (Å²) in [6.07, 6.45) is 11.5. The van der Waals surface area contributed by atoms with Crippen LogP contribution in [0.2, 0.25) is 0 Å². The molecule has 12 nitrogen and oxygen atoms in total. The van der Waals surface area contributed by atoms with E-state index in [1.165, 1.54) is 4.90 Å². The maximum Gasteiger partial charge on any atom is 0.333 e. The highest BCUT2D eigenvalue weighted by Gasteiger charge is 2.43. The number of quaternary nitrogens is 3. The summed E-state index contributed by atoms with van der Waals surface area (Å²) in [7, 11) is 4.02. The maximum absolute atomic E-state index is 11.5. The van der Waals surface area contributed by atoms with Crippen LogP contribution in [0.3, 0.4) is 0 Å². The number of halogens is 13. The van der Waals surface area contributed by atoms with Crippen molar-refractivity contribution < 1.29 is 60.4 Å². The quantitative estimate of drug-likeness (QED) is 0.0293. The van der Waals surface area contributed by atoms with Gasteiger partial charge >= 0.3 is 11.9 Å². The molecular weight excluding hydrogens is 2120 g/mol. The van der Waals surface area contributed by atoms with Crippen LogP contribution in [0.25, 0.3) is 6.08 Å². The van der Waals surface area contributed by atoms with Gasteiger partial charge in [0.25, 0.3) is 0 Å². The topological polar surface area (TPSA) is 208 Å².